The van der Waals surface area contributed by atoms with E-state index in [1.54, 1.807) is 0 Å². The van der Waals surface area contributed by atoms with Crippen molar-refractivity contribution in [3.05, 3.63) is 28.2 Å². The summed E-state index contributed by atoms with van der Waals surface area (Å²) in [5.41, 5.74) is 2.02. The first kappa shape index (κ1) is 16.3. The highest BCUT2D eigenvalue weighted by molar-refractivity contribution is 9.10. The van der Waals surface area contributed by atoms with Crippen LogP contribution in [0.5, 0.6) is 0 Å². The molecule has 2 bridgehead atoms. The molecule has 124 valence electrons. The molecule has 0 spiro atoms. The molecule has 0 aromatic heterocycles. The molecule has 1 aromatic rings. The molecule has 2 aliphatic rings. The van der Waals surface area contributed by atoms with Gasteiger partial charge in [0.1, 0.15) is 12.7 Å². The Morgan fingerprint density at radius 2 is 2.13 bits per heavy atom. The molecular formula is C16H18BrNO5. The van der Waals surface area contributed by atoms with Crippen LogP contribution in [0.1, 0.15) is 31.9 Å². The van der Waals surface area contributed by atoms with Gasteiger partial charge in [-0.15, -0.1) is 0 Å². The molecule has 2 aliphatic heterocycles. The summed E-state index contributed by atoms with van der Waals surface area (Å²) in [5.74, 6) is -0.769. The molecule has 1 aromatic carbocycles. The number of carbonyl (C=O) groups is 2. The summed E-state index contributed by atoms with van der Waals surface area (Å²) in [6, 6.07) is 5.86. The van der Waals surface area contributed by atoms with Crippen LogP contribution < -0.4 is 5.32 Å². The molecule has 1 saturated heterocycles. The van der Waals surface area contributed by atoms with Gasteiger partial charge in [0.2, 0.25) is 0 Å². The molecule has 2 heterocycles. The zero-order valence-corrected chi connectivity index (χ0v) is 14.5. The Labute approximate surface area is 142 Å². The fourth-order valence-electron chi connectivity index (χ4n) is 3.13. The summed E-state index contributed by atoms with van der Waals surface area (Å²) in [6.07, 6.45) is -0.411. The smallest absolute Gasteiger partial charge is 0.303 e. The van der Waals surface area contributed by atoms with Crippen molar-refractivity contribution in [1.29, 1.82) is 0 Å². The van der Waals surface area contributed by atoms with Crippen molar-refractivity contribution < 1.29 is 23.8 Å². The second kappa shape index (κ2) is 6.49. The number of hydrogen-bond acceptors (Lipinski definition) is 6. The average Bonchev–Trinajstić information content (AvgIpc) is 2.47. The first-order valence-electron chi connectivity index (χ1n) is 7.46. The molecule has 7 heteroatoms. The standard InChI is InChI=1S/C16H18BrNO5/c1-8(19)21-7-15-16(22-9(2)20)13-6-14(23-15)11-4-3-10(17)5-12(11)18-13/h3-5,13-16,18H,6-7H2,1-2H3/t13-,14-,15+,16-/m0/s1. The Balaban J connectivity index is 1.87. The number of benzene rings is 1. The first-order chi connectivity index (χ1) is 10.9. The number of ether oxygens (including phenoxy) is 3. The Kier molecular flexibility index (Phi) is 4.59. The van der Waals surface area contributed by atoms with E-state index in [1.807, 2.05) is 18.2 Å². The van der Waals surface area contributed by atoms with E-state index in [-0.39, 0.29) is 30.7 Å². The van der Waals surface area contributed by atoms with Gasteiger partial charge >= 0.3 is 11.9 Å². The van der Waals surface area contributed by atoms with Crippen molar-refractivity contribution in [2.75, 3.05) is 11.9 Å². The number of halogens is 1. The molecule has 4 atom stereocenters. The van der Waals surface area contributed by atoms with Crippen LogP contribution >= 0.6 is 15.9 Å². The summed E-state index contributed by atoms with van der Waals surface area (Å²) in [7, 11) is 0. The van der Waals surface area contributed by atoms with Crippen LogP contribution in [0.15, 0.2) is 22.7 Å². The highest BCUT2D eigenvalue weighted by atomic mass is 79.9. The third kappa shape index (κ3) is 3.50. The van der Waals surface area contributed by atoms with Crippen molar-refractivity contribution in [2.24, 2.45) is 0 Å². The van der Waals surface area contributed by atoms with Gasteiger partial charge in [-0.05, 0) is 12.1 Å². The average molecular weight is 384 g/mol. The molecule has 1 fully saturated rings. The Hall–Kier alpha value is -1.60. The van der Waals surface area contributed by atoms with Gasteiger partial charge < -0.3 is 19.5 Å². The third-order valence-corrected chi connectivity index (χ3v) is 4.52. The minimum absolute atomic E-state index is 0.0633. The number of hydrogen-bond donors (Lipinski definition) is 1. The molecule has 0 amide bonds. The zero-order chi connectivity index (χ0) is 16.6. The van der Waals surface area contributed by atoms with Gasteiger partial charge in [0, 0.05) is 36.0 Å². The topological polar surface area (TPSA) is 73.9 Å². The van der Waals surface area contributed by atoms with E-state index >= 15 is 0 Å². The van der Waals surface area contributed by atoms with Crippen molar-refractivity contribution in [2.45, 2.75) is 44.6 Å². The maximum absolute atomic E-state index is 11.4. The fourth-order valence-corrected chi connectivity index (χ4v) is 3.49. The summed E-state index contributed by atoms with van der Waals surface area (Å²) < 4.78 is 17.6. The van der Waals surface area contributed by atoms with Gasteiger partial charge in [-0.3, -0.25) is 9.59 Å². The summed E-state index contributed by atoms with van der Waals surface area (Å²) in [5, 5.41) is 3.41. The number of nitrogens with one attached hydrogen (secondary N) is 1. The predicted molar refractivity (Wildman–Crippen MR) is 86.0 cm³/mol. The van der Waals surface area contributed by atoms with E-state index in [1.165, 1.54) is 13.8 Å². The lowest BCUT2D eigenvalue weighted by atomic mass is 9.87. The number of esters is 2. The van der Waals surface area contributed by atoms with Crippen LogP contribution in [0.3, 0.4) is 0 Å². The Morgan fingerprint density at radius 3 is 2.83 bits per heavy atom. The quantitative estimate of drug-likeness (QED) is 0.808. The van der Waals surface area contributed by atoms with Crippen LogP contribution in [0.4, 0.5) is 5.69 Å². The van der Waals surface area contributed by atoms with E-state index in [9.17, 15) is 9.59 Å². The molecule has 0 unspecified atom stereocenters. The van der Waals surface area contributed by atoms with E-state index in [2.05, 4.69) is 21.2 Å². The monoisotopic (exact) mass is 383 g/mol. The van der Waals surface area contributed by atoms with Gasteiger partial charge in [0.15, 0.2) is 6.10 Å². The minimum Gasteiger partial charge on any atom is -0.463 e. The maximum atomic E-state index is 11.4. The summed E-state index contributed by atoms with van der Waals surface area (Å²) >= 11 is 3.45. The number of rotatable bonds is 3. The van der Waals surface area contributed by atoms with Crippen LogP contribution in [-0.4, -0.2) is 36.8 Å². The molecule has 3 rings (SSSR count). The lowest BCUT2D eigenvalue weighted by Gasteiger charge is -2.45. The molecule has 0 aliphatic carbocycles. The van der Waals surface area contributed by atoms with Crippen LogP contribution in [0, 0.1) is 0 Å². The van der Waals surface area contributed by atoms with Crippen LogP contribution in [-0.2, 0) is 23.8 Å². The van der Waals surface area contributed by atoms with Crippen molar-refractivity contribution in [3.63, 3.8) is 0 Å². The summed E-state index contributed by atoms with van der Waals surface area (Å²) in [4.78, 5) is 22.5. The number of anilines is 1. The molecule has 0 saturated carbocycles. The van der Waals surface area contributed by atoms with Crippen LogP contribution in [0.25, 0.3) is 0 Å². The van der Waals surface area contributed by atoms with Crippen molar-refractivity contribution in [1.82, 2.24) is 0 Å². The third-order valence-electron chi connectivity index (χ3n) is 4.03. The van der Waals surface area contributed by atoms with E-state index in [0.29, 0.717) is 6.42 Å². The zero-order valence-electron chi connectivity index (χ0n) is 12.9. The first-order valence-corrected chi connectivity index (χ1v) is 8.25. The Morgan fingerprint density at radius 1 is 1.35 bits per heavy atom. The minimum atomic E-state index is -0.504. The molecule has 6 nitrogen and oxygen atoms in total. The van der Waals surface area contributed by atoms with Gasteiger partial charge in [0.25, 0.3) is 0 Å². The molecule has 1 N–H and O–H groups in total. The lowest BCUT2D eigenvalue weighted by Crippen LogP contribution is -2.54. The van der Waals surface area contributed by atoms with E-state index < -0.39 is 12.2 Å². The SMILES string of the molecule is CC(=O)OC[C@H]1O[C@H]2C[C@H](Nc3cc(Br)ccc32)[C@@H]1OC(C)=O. The van der Waals surface area contributed by atoms with Gasteiger partial charge in [-0.2, -0.15) is 0 Å². The largest absolute Gasteiger partial charge is 0.463 e. The molecule has 23 heavy (non-hydrogen) atoms. The normalized spacial score (nSPS) is 28.3. The fraction of sp³-hybridized carbons (Fsp3) is 0.500. The number of fused-ring (bicyclic) bond motifs is 4. The van der Waals surface area contributed by atoms with Gasteiger partial charge in [-0.1, -0.05) is 22.0 Å². The second-order valence-corrected chi connectivity index (χ2v) is 6.67. The van der Waals surface area contributed by atoms with Gasteiger partial charge in [0.05, 0.1) is 12.1 Å². The van der Waals surface area contributed by atoms with E-state index in [0.717, 1.165) is 15.7 Å². The van der Waals surface area contributed by atoms with E-state index in [4.69, 9.17) is 14.2 Å². The van der Waals surface area contributed by atoms with Crippen molar-refractivity contribution in [3.8, 4) is 0 Å². The molecular weight excluding hydrogens is 366 g/mol. The van der Waals surface area contributed by atoms with Crippen LogP contribution in [0.2, 0.25) is 0 Å². The highest BCUT2D eigenvalue weighted by Crippen LogP contribution is 2.43. The molecule has 0 radical (unpaired) electrons. The predicted octanol–water partition coefficient (Wildman–Crippen LogP) is 2.57. The maximum Gasteiger partial charge on any atom is 0.303 e. The highest BCUT2D eigenvalue weighted by Gasteiger charge is 2.45. The lowest BCUT2D eigenvalue weighted by molar-refractivity contribution is -0.185. The van der Waals surface area contributed by atoms with Crippen molar-refractivity contribution >= 4 is 33.6 Å². The Bertz CT molecular complexity index is 635. The summed E-state index contributed by atoms with van der Waals surface area (Å²) in [6.45, 7) is 2.77. The second-order valence-electron chi connectivity index (χ2n) is 5.76. The van der Waals surface area contributed by atoms with Gasteiger partial charge in [-0.25, -0.2) is 0 Å². The number of carbonyl (C=O) groups excluding carboxylic acids is 2.